The normalized spacial score (nSPS) is 24.8. The van der Waals surface area contributed by atoms with Crippen molar-refractivity contribution in [1.29, 1.82) is 0 Å². The first kappa shape index (κ1) is 20.9. The molecule has 2 amide bonds. The Morgan fingerprint density at radius 2 is 1.81 bits per heavy atom. The molecule has 0 unspecified atom stereocenters. The number of rotatable bonds is 4. The molecule has 2 heterocycles. The zero-order valence-corrected chi connectivity index (χ0v) is 16.6. The van der Waals surface area contributed by atoms with E-state index in [-0.39, 0.29) is 17.9 Å². The van der Waals surface area contributed by atoms with E-state index in [2.05, 4.69) is 9.80 Å². The van der Waals surface area contributed by atoms with Crippen molar-refractivity contribution in [2.75, 3.05) is 73.6 Å². The third-order valence-corrected chi connectivity index (χ3v) is 5.34. The van der Waals surface area contributed by atoms with Gasteiger partial charge in [0.05, 0.1) is 18.1 Å². The van der Waals surface area contributed by atoms with Crippen LogP contribution < -0.4 is 0 Å². The number of nitrogens with zero attached hydrogens (tertiary/aromatic N) is 4. The van der Waals surface area contributed by atoms with Crippen LogP contribution in [0.4, 0.5) is 4.79 Å². The molecule has 1 atom stereocenters. The van der Waals surface area contributed by atoms with Crippen molar-refractivity contribution in [3.05, 3.63) is 0 Å². The Bertz CT molecular complexity index is 492. The predicted molar refractivity (Wildman–Crippen MR) is 98.9 cm³/mol. The van der Waals surface area contributed by atoms with Crippen LogP contribution in [0.5, 0.6) is 0 Å². The summed E-state index contributed by atoms with van der Waals surface area (Å²) in [4.78, 5) is 32.0. The van der Waals surface area contributed by atoms with E-state index in [0.29, 0.717) is 45.6 Å². The van der Waals surface area contributed by atoms with E-state index in [1.807, 2.05) is 7.05 Å². The summed E-state index contributed by atoms with van der Waals surface area (Å²) in [6.07, 6.45) is 0.761. The zero-order valence-electron chi connectivity index (χ0n) is 16.6. The Morgan fingerprint density at radius 1 is 1.15 bits per heavy atom. The van der Waals surface area contributed by atoms with Crippen LogP contribution in [0.2, 0.25) is 0 Å². The fourth-order valence-electron chi connectivity index (χ4n) is 3.80. The van der Waals surface area contributed by atoms with Gasteiger partial charge >= 0.3 is 6.09 Å². The number of likely N-dealkylation sites (tertiary alicyclic amines) is 1. The van der Waals surface area contributed by atoms with Crippen LogP contribution in [0.15, 0.2) is 0 Å². The van der Waals surface area contributed by atoms with Crippen LogP contribution in [-0.2, 0) is 9.53 Å². The fraction of sp³-hybridized carbons (Fsp3) is 0.889. The lowest BCUT2D eigenvalue weighted by molar-refractivity contribution is -0.134. The molecule has 0 radical (unpaired) electrons. The van der Waals surface area contributed by atoms with Crippen molar-refractivity contribution in [3.8, 4) is 0 Å². The molecule has 0 aromatic rings. The maximum absolute atomic E-state index is 12.4. The minimum Gasteiger partial charge on any atom is -0.450 e. The van der Waals surface area contributed by atoms with E-state index in [1.165, 1.54) is 0 Å². The van der Waals surface area contributed by atoms with Crippen molar-refractivity contribution in [3.63, 3.8) is 0 Å². The average molecular weight is 370 g/mol. The molecule has 0 aliphatic carbocycles. The molecule has 2 aliphatic heterocycles. The maximum atomic E-state index is 12.4. The number of piperidine rings is 1. The van der Waals surface area contributed by atoms with Gasteiger partial charge in [0, 0.05) is 59.9 Å². The van der Waals surface area contributed by atoms with Crippen molar-refractivity contribution in [2.45, 2.75) is 25.4 Å². The SMILES string of the molecule is CCOC(=O)N1CCC(O)(CN2CCN(C)C[C@H](C(=O)N(C)C)C2)CC1. The summed E-state index contributed by atoms with van der Waals surface area (Å²) >= 11 is 0. The molecule has 2 saturated heterocycles. The Kier molecular flexibility index (Phi) is 7.25. The molecule has 2 rings (SSSR count). The van der Waals surface area contributed by atoms with Crippen molar-refractivity contribution in [1.82, 2.24) is 19.6 Å². The second kappa shape index (κ2) is 9.01. The Hall–Kier alpha value is -1.38. The highest BCUT2D eigenvalue weighted by Crippen LogP contribution is 2.25. The molecular formula is C18H34N4O4. The lowest BCUT2D eigenvalue weighted by Gasteiger charge is -2.40. The van der Waals surface area contributed by atoms with Gasteiger partial charge in [0.15, 0.2) is 0 Å². The Labute approximate surface area is 156 Å². The molecule has 8 heteroatoms. The van der Waals surface area contributed by atoms with Crippen LogP contribution in [-0.4, -0.2) is 116 Å². The molecule has 2 aliphatic rings. The number of aliphatic hydroxyl groups is 1. The van der Waals surface area contributed by atoms with E-state index in [0.717, 1.165) is 19.6 Å². The lowest BCUT2D eigenvalue weighted by Crippen LogP contribution is -2.53. The highest BCUT2D eigenvalue weighted by Gasteiger charge is 2.37. The van der Waals surface area contributed by atoms with Gasteiger partial charge in [-0.1, -0.05) is 0 Å². The quantitative estimate of drug-likeness (QED) is 0.746. The van der Waals surface area contributed by atoms with Gasteiger partial charge in [-0.25, -0.2) is 4.79 Å². The first-order valence-corrected chi connectivity index (χ1v) is 9.50. The molecule has 2 fully saturated rings. The third-order valence-electron chi connectivity index (χ3n) is 5.34. The molecule has 1 N–H and O–H groups in total. The molecule has 150 valence electrons. The average Bonchev–Trinajstić information content (AvgIpc) is 2.76. The second-order valence-electron chi connectivity index (χ2n) is 7.84. The van der Waals surface area contributed by atoms with Crippen LogP contribution >= 0.6 is 0 Å². The predicted octanol–water partition coefficient (Wildman–Crippen LogP) is -0.0784. The van der Waals surface area contributed by atoms with Gasteiger partial charge in [-0.2, -0.15) is 0 Å². The number of amides is 2. The largest absolute Gasteiger partial charge is 0.450 e. The summed E-state index contributed by atoms with van der Waals surface area (Å²) in [5.41, 5.74) is -0.822. The summed E-state index contributed by atoms with van der Waals surface area (Å²) < 4.78 is 5.04. The van der Waals surface area contributed by atoms with Gasteiger partial charge in [0.2, 0.25) is 5.91 Å². The molecule has 8 nitrogen and oxygen atoms in total. The summed E-state index contributed by atoms with van der Waals surface area (Å²) in [5, 5.41) is 11.0. The number of hydrogen-bond acceptors (Lipinski definition) is 6. The van der Waals surface area contributed by atoms with Crippen LogP contribution in [0.1, 0.15) is 19.8 Å². The topological polar surface area (TPSA) is 76.6 Å². The summed E-state index contributed by atoms with van der Waals surface area (Å²) in [6.45, 7) is 6.80. The van der Waals surface area contributed by atoms with Gasteiger partial charge in [0.25, 0.3) is 0 Å². The number of likely N-dealkylation sites (N-methyl/N-ethyl adjacent to an activating group) is 1. The second-order valence-corrected chi connectivity index (χ2v) is 7.84. The van der Waals surface area contributed by atoms with Crippen molar-refractivity contribution < 1.29 is 19.4 Å². The molecule has 0 aromatic carbocycles. The van der Waals surface area contributed by atoms with E-state index < -0.39 is 5.60 Å². The van der Waals surface area contributed by atoms with Gasteiger partial charge in [-0.3, -0.25) is 9.69 Å². The Balaban J connectivity index is 1.94. The highest BCUT2D eigenvalue weighted by molar-refractivity contribution is 5.78. The van der Waals surface area contributed by atoms with Gasteiger partial charge in [-0.05, 0) is 26.8 Å². The minimum absolute atomic E-state index is 0.0827. The summed E-state index contributed by atoms with van der Waals surface area (Å²) in [7, 11) is 5.61. The molecule has 0 aromatic heterocycles. The smallest absolute Gasteiger partial charge is 0.409 e. The van der Waals surface area contributed by atoms with Gasteiger partial charge in [-0.15, -0.1) is 0 Å². The monoisotopic (exact) mass is 370 g/mol. The number of ether oxygens (including phenoxy) is 1. The van der Waals surface area contributed by atoms with Crippen LogP contribution in [0.3, 0.4) is 0 Å². The fourth-order valence-corrected chi connectivity index (χ4v) is 3.80. The molecular weight excluding hydrogens is 336 g/mol. The zero-order chi connectivity index (χ0) is 19.3. The first-order valence-electron chi connectivity index (χ1n) is 9.50. The third kappa shape index (κ3) is 5.56. The minimum atomic E-state index is -0.822. The van der Waals surface area contributed by atoms with Crippen molar-refractivity contribution >= 4 is 12.0 Å². The van der Waals surface area contributed by atoms with Gasteiger partial charge < -0.3 is 24.5 Å². The lowest BCUT2D eigenvalue weighted by atomic mass is 9.90. The molecule has 0 bridgehead atoms. The first-order chi connectivity index (χ1) is 12.2. The number of carbonyl (C=O) groups is 2. The van der Waals surface area contributed by atoms with Crippen molar-refractivity contribution in [2.24, 2.45) is 5.92 Å². The number of β-amino-alcohol motifs (C(OH)–C–C–N with tert-alkyl or cyclic N) is 1. The van der Waals surface area contributed by atoms with E-state index >= 15 is 0 Å². The van der Waals surface area contributed by atoms with E-state index in [4.69, 9.17) is 4.74 Å². The van der Waals surface area contributed by atoms with Gasteiger partial charge in [0.1, 0.15) is 0 Å². The Morgan fingerprint density at radius 3 is 2.38 bits per heavy atom. The number of hydrogen-bond donors (Lipinski definition) is 1. The molecule has 26 heavy (non-hydrogen) atoms. The van der Waals surface area contributed by atoms with Crippen LogP contribution in [0.25, 0.3) is 0 Å². The molecule has 0 saturated carbocycles. The molecule has 0 spiro atoms. The number of carbonyl (C=O) groups excluding carboxylic acids is 2. The van der Waals surface area contributed by atoms with E-state index in [9.17, 15) is 14.7 Å². The van der Waals surface area contributed by atoms with E-state index in [1.54, 1.807) is 30.8 Å². The maximum Gasteiger partial charge on any atom is 0.409 e. The van der Waals surface area contributed by atoms with Crippen LogP contribution in [0, 0.1) is 5.92 Å². The summed E-state index contributed by atoms with van der Waals surface area (Å²) in [6, 6.07) is 0. The highest BCUT2D eigenvalue weighted by atomic mass is 16.6. The summed E-state index contributed by atoms with van der Waals surface area (Å²) in [5.74, 6) is 0.0496. The standard InChI is InChI=1S/C18H34N4O4/c1-5-26-17(24)22-8-6-18(25,7-9-22)14-21-11-10-20(4)12-15(13-21)16(23)19(2)3/h15,25H,5-14H2,1-4H3/t15-/m0/s1.